The van der Waals surface area contributed by atoms with Crippen molar-refractivity contribution in [2.75, 3.05) is 17.6 Å². The second kappa shape index (κ2) is 4.23. The molecule has 1 fully saturated rings. The zero-order valence-corrected chi connectivity index (χ0v) is 9.53. The number of nitrogens with zero attached hydrogens (tertiary/aromatic N) is 1. The van der Waals surface area contributed by atoms with Crippen LogP contribution >= 0.6 is 23.1 Å². The largest absolute Gasteiger partial charge is 0.323 e. The highest BCUT2D eigenvalue weighted by atomic mass is 32.2. The molecule has 1 atom stereocenters. The fourth-order valence-electron chi connectivity index (χ4n) is 1.39. The third kappa shape index (κ3) is 2.04. The van der Waals surface area contributed by atoms with Crippen LogP contribution < -0.4 is 5.32 Å². The van der Waals surface area contributed by atoms with Crippen LogP contribution in [0, 0.1) is 0 Å². The second-order valence-electron chi connectivity index (χ2n) is 3.07. The molecule has 2 amide bonds. The minimum absolute atomic E-state index is 0.0185. The summed E-state index contributed by atoms with van der Waals surface area (Å²) in [6.07, 6.45) is 0. The topological polar surface area (TPSA) is 32.3 Å². The van der Waals surface area contributed by atoms with E-state index in [-0.39, 0.29) is 6.03 Å². The molecule has 2 heterocycles. The summed E-state index contributed by atoms with van der Waals surface area (Å²) in [7, 11) is 0. The molecular formula is C9H12N2OS2. The lowest BCUT2D eigenvalue weighted by Crippen LogP contribution is -2.36. The molecule has 0 saturated carbocycles. The summed E-state index contributed by atoms with van der Waals surface area (Å²) in [6, 6.07) is 3.86. The lowest BCUT2D eigenvalue weighted by atomic mass is 10.5. The van der Waals surface area contributed by atoms with E-state index in [1.807, 2.05) is 34.2 Å². The molecule has 2 rings (SSSR count). The third-order valence-corrected chi connectivity index (χ3v) is 4.08. The fourth-order valence-corrected chi connectivity index (χ4v) is 3.02. The summed E-state index contributed by atoms with van der Waals surface area (Å²) in [4.78, 5) is 13.6. The third-order valence-electron chi connectivity index (χ3n) is 2.14. The van der Waals surface area contributed by atoms with E-state index in [2.05, 4.69) is 12.2 Å². The van der Waals surface area contributed by atoms with Gasteiger partial charge in [0.05, 0.1) is 10.4 Å². The Hall–Kier alpha value is -0.680. The van der Waals surface area contributed by atoms with E-state index in [4.69, 9.17) is 0 Å². The average Bonchev–Trinajstić information content (AvgIpc) is 2.75. The molecule has 1 aromatic rings. The lowest BCUT2D eigenvalue weighted by molar-refractivity contribution is 0.216. The first-order valence-corrected chi connectivity index (χ1v) is 6.43. The van der Waals surface area contributed by atoms with Gasteiger partial charge in [0.15, 0.2) is 0 Å². The molecule has 1 aliphatic rings. The van der Waals surface area contributed by atoms with Crippen LogP contribution in [-0.2, 0) is 0 Å². The molecule has 3 nitrogen and oxygen atoms in total. The van der Waals surface area contributed by atoms with E-state index >= 15 is 0 Å². The minimum Gasteiger partial charge on any atom is -0.312 e. The molecule has 1 aliphatic heterocycles. The molecule has 76 valence electrons. The number of carbonyl (C=O) groups is 1. The van der Waals surface area contributed by atoms with E-state index in [0.717, 1.165) is 17.3 Å². The molecule has 0 radical (unpaired) electrons. The first kappa shape index (κ1) is 9.86. The van der Waals surface area contributed by atoms with Crippen LogP contribution in [0.25, 0.3) is 0 Å². The molecule has 1 unspecified atom stereocenters. The highest BCUT2D eigenvalue weighted by Gasteiger charge is 2.25. The van der Waals surface area contributed by atoms with Crippen molar-refractivity contribution in [1.82, 2.24) is 4.90 Å². The quantitative estimate of drug-likeness (QED) is 0.801. The molecule has 1 N–H and O–H groups in total. The van der Waals surface area contributed by atoms with Gasteiger partial charge in [-0.05, 0) is 24.4 Å². The summed E-state index contributed by atoms with van der Waals surface area (Å²) >= 11 is 3.36. The number of urea groups is 1. The standard InChI is InChI=1S/C9H12N2OS2/c1-7-11(4-6-13-7)9(12)10-8-3-2-5-14-8/h2-3,5,7H,4,6H2,1H3,(H,10,12). The van der Waals surface area contributed by atoms with Gasteiger partial charge < -0.3 is 4.90 Å². The van der Waals surface area contributed by atoms with Crippen LogP contribution in [-0.4, -0.2) is 28.6 Å². The van der Waals surface area contributed by atoms with Gasteiger partial charge in [0, 0.05) is 12.3 Å². The smallest absolute Gasteiger partial charge is 0.312 e. The van der Waals surface area contributed by atoms with Gasteiger partial charge in [-0.2, -0.15) is 0 Å². The number of carbonyl (C=O) groups excluding carboxylic acids is 1. The Bertz CT molecular complexity index is 313. The Kier molecular flexibility index (Phi) is 2.98. The zero-order valence-electron chi connectivity index (χ0n) is 7.90. The summed E-state index contributed by atoms with van der Waals surface area (Å²) in [6.45, 7) is 2.91. The highest BCUT2D eigenvalue weighted by Crippen LogP contribution is 2.24. The van der Waals surface area contributed by atoms with Crippen molar-refractivity contribution in [2.24, 2.45) is 0 Å². The second-order valence-corrected chi connectivity index (χ2v) is 5.44. The molecule has 0 spiro atoms. The lowest BCUT2D eigenvalue weighted by Gasteiger charge is -2.20. The first-order valence-electron chi connectivity index (χ1n) is 4.50. The summed E-state index contributed by atoms with van der Waals surface area (Å²) < 4.78 is 0. The van der Waals surface area contributed by atoms with E-state index in [1.54, 1.807) is 11.3 Å². The molecule has 0 bridgehead atoms. The number of thiophene rings is 1. The normalized spacial score (nSPS) is 21.2. The van der Waals surface area contributed by atoms with Gasteiger partial charge in [-0.25, -0.2) is 4.79 Å². The van der Waals surface area contributed by atoms with Crippen LogP contribution in [0.1, 0.15) is 6.92 Å². The van der Waals surface area contributed by atoms with Crippen LogP contribution in [0.3, 0.4) is 0 Å². The van der Waals surface area contributed by atoms with Gasteiger partial charge in [-0.3, -0.25) is 5.32 Å². The molecule has 0 aromatic carbocycles. The minimum atomic E-state index is 0.0185. The molecule has 14 heavy (non-hydrogen) atoms. The molecule has 5 heteroatoms. The van der Waals surface area contributed by atoms with Gasteiger partial charge in [0.1, 0.15) is 0 Å². The van der Waals surface area contributed by atoms with Crippen molar-refractivity contribution in [3.8, 4) is 0 Å². The maximum absolute atomic E-state index is 11.7. The zero-order chi connectivity index (χ0) is 9.97. The Labute approximate surface area is 91.5 Å². The average molecular weight is 228 g/mol. The Morgan fingerprint density at radius 2 is 2.57 bits per heavy atom. The van der Waals surface area contributed by atoms with Crippen molar-refractivity contribution in [2.45, 2.75) is 12.3 Å². The summed E-state index contributed by atoms with van der Waals surface area (Å²) in [5, 5.41) is 6.06. The summed E-state index contributed by atoms with van der Waals surface area (Å²) in [5.74, 6) is 1.04. The van der Waals surface area contributed by atoms with Crippen LogP contribution in [0.5, 0.6) is 0 Å². The first-order chi connectivity index (χ1) is 6.77. The maximum atomic E-state index is 11.7. The van der Waals surface area contributed by atoms with Crippen molar-refractivity contribution < 1.29 is 4.79 Å². The number of thioether (sulfide) groups is 1. The molecule has 1 aromatic heterocycles. The van der Waals surface area contributed by atoms with Gasteiger partial charge in [-0.15, -0.1) is 23.1 Å². The fraction of sp³-hybridized carbons (Fsp3) is 0.444. The van der Waals surface area contributed by atoms with Gasteiger partial charge >= 0.3 is 6.03 Å². The molecule has 1 saturated heterocycles. The van der Waals surface area contributed by atoms with Crippen LogP contribution in [0.15, 0.2) is 17.5 Å². The molecular weight excluding hydrogens is 216 g/mol. The number of rotatable bonds is 1. The number of hydrogen-bond acceptors (Lipinski definition) is 3. The SMILES string of the molecule is CC1SCCN1C(=O)Nc1cccs1. The van der Waals surface area contributed by atoms with Gasteiger partial charge in [-0.1, -0.05) is 0 Å². The van der Waals surface area contributed by atoms with E-state index in [1.165, 1.54) is 0 Å². The van der Waals surface area contributed by atoms with Crippen molar-refractivity contribution in [3.63, 3.8) is 0 Å². The highest BCUT2D eigenvalue weighted by molar-refractivity contribution is 8.00. The van der Waals surface area contributed by atoms with Crippen molar-refractivity contribution in [1.29, 1.82) is 0 Å². The monoisotopic (exact) mass is 228 g/mol. The summed E-state index contributed by atoms with van der Waals surface area (Å²) in [5.41, 5.74) is 0. The Morgan fingerprint density at radius 1 is 1.71 bits per heavy atom. The van der Waals surface area contributed by atoms with Gasteiger partial charge in [0.2, 0.25) is 0 Å². The Balaban J connectivity index is 1.95. The number of hydrogen-bond donors (Lipinski definition) is 1. The van der Waals surface area contributed by atoms with Crippen molar-refractivity contribution >= 4 is 34.1 Å². The van der Waals surface area contributed by atoms with E-state index < -0.39 is 0 Å². The van der Waals surface area contributed by atoms with Crippen molar-refractivity contribution in [3.05, 3.63) is 17.5 Å². The van der Waals surface area contributed by atoms with Crippen LogP contribution in [0.4, 0.5) is 9.80 Å². The van der Waals surface area contributed by atoms with E-state index in [9.17, 15) is 4.79 Å². The molecule has 0 aliphatic carbocycles. The van der Waals surface area contributed by atoms with E-state index in [0.29, 0.717) is 5.37 Å². The Morgan fingerprint density at radius 3 is 3.14 bits per heavy atom. The van der Waals surface area contributed by atoms with Crippen LogP contribution in [0.2, 0.25) is 0 Å². The number of amides is 2. The van der Waals surface area contributed by atoms with Gasteiger partial charge in [0.25, 0.3) is 0 Å². The predicted octanol–water partition coefficient (Wildman–Crippen LogP) is 2.67. The number of nitrogens with one attached hydrogen (secondary N) is 1. The predicted molar refractivity (Wildman–Crippen MR) is 62.0 cm³/mol. The maximum Gasteiger partial charge on any atom is 0.323 e. The number of anilines is 1.